The molecule has 0 saturated carbocycles. The summed E-state index contributed by atoms with van der Waals surface area (Å²) in [5.74, 6) is -1.23. The number of carboxylic acids is 1. The van der Waals surface area contributed by atoms with Crippen molar-refractivity contribution in [2.45, 2.75) is 64.2 Å². The Hall–Kier alpha value is -6.90. The van der Waals surface area contributed by atoms with Gasteiger partial charge < -0.3 is 14.9 Å². The summed E-state index contributed by atoms with van der Waals surface area (Å²) in [7, 11) is 0. The van der Waals surface area contributed by atoms with Crippen LogP contribution >= 0.6 is 0 Å². The van der Waals surface area contributed by atoms with Crippen LogP contribution in [0.4, 0.5) is 22.7 Å². The molecule has 6 aromatic carbocycles. The highest BCUT2D eigenvalue weighted by atomic mass is 16.4. The number of benzene rings is 6. The monoisotopic (exact) mass is 795 g/mol. The van der Waals surface area contributed by atoms with Gasteiger partial charge in [0.2, 0.25) is 0 Å². The summed E-state index contributed by atoms with van der Waals surface area (Å²) < 4.78 is 0. The molecule has 0 fully saturated rings. The van der Waals surface area contributed by atoms with Crippen LogP contribution in [0.15, 0.2) is 151 Å². The number of hydrogen-bond acceptors (Lipinski definition) is 4. The highest BCUT2D eigenvalue weighted by molar-refractivity contribution is 5.92. The molecule has 0 saturated heterocycles. The number of hydrogen-bond donors (Lipinski definition) is 1. The van der Waals surface area contributed by atoms with E-state index in [-0.39, 0.29) is 16.4 Å². The van der Waals surface area contributed by atoms with Crippen molar-refractivity contribution in [3.63, 3.8) is 0 Å². The molecular weight excluding hydrogens is 747 g/mol. The molecule has 6 aromatic rings. The van der Waals surface area contributed by atoms with E-state index in [1.165, 1.54) is 84.5 Å². The molecule has 0 radical (unpaired) electrons. The lowest BCUT2D eigenvalue weighted by Crippen LogP contribution is -2.25. The Bertz CT molecular complexity index is 2770. The average molecular weight is 796 g/mol. The number of aliphatic carboxylic acids is 1. The van der Waals surface area contributed by atoms with Crippen LogP contribution < -0.4 is 9.80 Å². The highest BCUT2D eigenvalue weighted by Crippen LogP contribution is 2.52. The molecule has 0 unspecified atom stereocenters. The molecule has 0 amide bonds. The van der Waals surface area contributed by atoms with Crippen LogP contribution in [0.1, 0.15) is 85.0 Å². The maximum Gasteiger partial charge on any atom is 0.346 e. The summed E-state index contributed by atoms with van der Waals surface area (Å²) in [5, 5.41) is 18.8. The first-order chi connectivity index (χ1) is 29.5. The summed E-state index contributed by atoms with van der Waals surface area (Å²) >= 11 is 0. The first-order valence-electron chi connectivity index (χ1n) is 21.6. The second kappa shape index (κ2) is 14.7. The predicted octanol–water partition coefficient (Wildman–Crippen LogP) is 13.0. The van der Waals surface area contributed by atoms with Crippen LogP contribution in [0.3, 0.4) is 0 Å². The molecule has 2 aliphatic heterocycles. The second-order valence-corrected chi connectivity index (χ2v) is 18.0. The standard InChI is InChI=1S/C56H49N3O2/c1-55(2)48-19-9-7-17-44(48)46-25-23-41(33-50(46)55)58-29-11-14-38-31-36(21-27-52(38)58)43(16-6-5-13-40(35-57)54(60)61)37-22-28-53-39(32-37)15-12-30-59(53)42-24-26-47-45-18-8-10-20-49(45)56(3,4)51(47)34-42/h5-10,13,16-28,31-34H,11-12,14-15,29-30H2,1-4H3,(H,60,61). The van der Waals surface area contributed by atoms with Gasteiger partial charge in [-0.05, 0) is 153 Å². The maximum atomic E-state index is 11.6. The summed E-state index contributed by atoms with van der Waals surface area (Å²) in [4.78, 5) is 16.5. The van der Waals surface area contributed by atoms with Gasteiger partial charge in [-0.3, -0.25) is 0 Å². The molecule has 10 rings (SSSR count). The molecule has 0 aromatic heterocycles. The van der Waals surface area contributed by atoms with Gasteiger partial charge in [0.05, 0.1) is 0 Å². The van der Waals surface area contributed by atoms with Crippen molar-refractivity contribution in [3.8, 4) is 28.3 Å². The zero-order chi connectivity index (χ0) is 42.0. The van der Waals surface area contributed by atoms with Crippen LogP contribution in [-0.4, -0.2) is 24.2 Å². The van der Waals surface area contributed by atoms with Crippen LogP contribution in [0.2, 0.25) is 0 Å². The minimum absolute atomic E-state index is 0.0676. The van der Waals surface area contributed by atoms with E-state index in [2.05, 4.69) is 165 Å². The molecule has 2 aliphatic carbocycles. The van der Waals surface area contributed by atoms with Crippen molar-refractivity contribution in [2.75, 3.05) is 22.9 Å². The molecule has 5 heteroatoms. The Morgan fingerprint density at radius 2 is 1.05 bits per heavy atom. The van der Waals surface area contributed by atoms with E-state index < -0.39 is 5.97 Å². The number of aryl methyl sites for hydroxylation is 2. The van der Waals surface area contributed by atoms with Gasteiger partial charge in [-0.25, -0.2) is 4.79 Å². The smallest absolute Gasteiger partial charge is 0.346 e. The number of anilines is 4. The van der Waals surface area contributed by atoms with E-state index in [9.17, 15) is 15.2 Å². The molecule has 4 aliphatic rings. The Kier molecular flexibility index (Phi) is 9.22. The lowest BCUT2D eigenvalue weighted by molar-refractivity contribution is -0.132. The summed E-state index contributed by atoms with van der Waals surface area (Å²) in [6.45, 7) is 11.3. The molecule has 61 heavy (non-hydrogen) atoms. The van der Waals surface area contributed by atoms with Crippen molar-refractivity contribution < 1.29 is 9.90 Å². The van der Waals surface area contributed by atoms with Gasteiger partial charge in [-0.1, -0.05) is 119 Å². The van der Waals surface area contributed by atoms with E-state index in [1.807, 2.05) is 6.08 Å². The van der Waals surface area contributed by atoms with E-state index in [0.717, 1.165) is 55.5 Å². The van der Waals surface area contributed by atoms with Crippen LogP contribution in [-0.2, 0) is 28.5 Å². The lowest BCUT2D eigenvalue weighted by atomic mass is 9.82. The fourth-order valence-electron chi connectivity index (χ4n) is 10.6. The summed E-state index contributed by atoms with van der Waals surface area (Å²) in [5.41, 5.74) is 21.2. The van der Waals surface area contributed by atoms with Gasteiger partial charge in [0.25, 0.3) is 0 Å². The van der Waals surface area contributed by atoms with Crippen LogP contribution in [0.25, 0.3) is 27.8 Å². The molecule has 0 spiro atoms. The molecule has 5 nitrogen and oxygen atoms in total. The second-order valence-electron chi connectivity index (χ2n) is 18.0. The summed E-state index contributed by atoms with van der Waals surface area (Å²) in [6.07, 6.45) is 11.0. The number of nitrogens with zero attached hydrogens (tertiary/aromatic N) is 3. The molecule has 300 valence electrons. The number of allylic oxidation sites excluding steroid dienone is 4. The molecule has 0 bridgehead atoms. The van der Waals surface area contributed by atoms with Crippen molar-refractivity contribution in [1.29, 1.82) is 5.26 Å². The van der Waals surface area contributed by atoms with Gasteiger partial charge in [-0.15, -0.1) is 0 Å². The quantitative estimate of drug-likeness (QED) is 0.0990. The van der Waals surface area contributed by atoms with Crippen LogP contribution in [0.5, 0.6) is 0 Å². The van der Waals surface area contributed by atoms with E-state index in [0.29, 0.717) is 0 Å². The van der Waals surface area contributed by atoms with Gasteiger partial charge in [0.15, 0.2) is 0 Å². The van der Waals surface area contributed by atoms with Gasteiger partial charge in [0.1, 0.15) is 11.6 Å². The van der Waals surface area contributed by atoms with Gasteiger partial charge >= 0.3 is 5.97 Å². The first-order valence-corrected chi connectivity index (χ1v) is 21.6. The highest BCUT2D eigenvalue weighted by Gasteiger charge is 2.37. The minimum atomic E-state index is -1.23. The Balaban J connectivity index is 1.00. The van der Waals surface area contributed by atoms with Crippen molar-refractivity contribution in [3.05, 3.63) is 196 Å². The Morgan fingerprint density at radius 1 is 0.590 bits per heavy atom. The van der Waals surface area contributed by atoms with Crippen molar-refractivity contribution >= 4 is 34.3 Å². The zero-order valence-electron chi connectivity index (χ0n) is 35.3. The third-order valence-corrected chi connectivity index (χ3v) is 13.8. The first kappa shape index (κ1) is 38.3. The average Bonchev–Trinajstić information content (AvgIpc) is 3.65. The SMILES string of the molecule is CC1(C)c2ccccc2-c2ccc(N3CCCc4cc(C(=CC=CC=C(C#N)C(=O)O)c5ccc6c(c5)CCCN6c5ccc6c(c5)C(C)(C)c5ccccc5-6)ccc43)cc21. The Labute approximate surface area is 359 Å². The third kappa shape index (κ3) is 6.32. The fourth-order valence-corrected chi connectivity index (χ4v) is 10.6. The number of nitriles is 1. The molecular formula is C56H49N3O2. The molecule has 1 N–H and O–H groups in total. The summed E-state index contributed by atoms with van der Waals surface area (Å²) in [6, 6.07) is 47.1. The van der Waals surface area contributed by atoms with E-state index in [1.54, 1.807) is 12.1 Å². The molecule has 0 atom stereocenters. The van der Waals surface area contributed by atoms with Gasteiger partial charge in [0, 0.05) is 46.7 Å². The van der Waals surface area contributed by atoms with E-state index >= 15 is 0 Å². The fraction of sp³-hybridized carbons (Fsp3) is 0.214. The van der Waals surface area contributed by atoms with E-state index in [4.69, 9.17) is 0 Å². The minimum Gasteiger partial charge on any atom is -0.477 e. The van der Waals surface area contributed by atoms with Crippen LogP contribution in [0, 0.1) is 11.3 Å². The molecule has 2 heterocycles. The van der Waals surface area contributed by atoms with Crippen molar-refractivity contribution in [2.24, 2.45) is 0 Å². The third-order valence-electron chi connectivity index (χ3n) is 13.8. The maximum absolute atomic E-state index is 11.6. The topological polar surface area (TPSA) is 67.6 Å². The number of carboxylic acid groups (broad SMARTS) is 1. The predicted molar refractivity (Wildman–Crippen MR) is 249 cm³/mol. The zero-order valence-corrected chi connectivity index (χ0v) is 35.3. The van der Waals surface area contributed by atoms with Gasteiger partial charge in [-0.2, -0.15) is 5.26 Å². The normalized spacial score (nSPS) is 16.5. The Morgan fingerprint density at radius 3 is 1.52 bits per heavy atom. The lowest BCUT2D eigenvalue weighted by Gasteiger charge is -2.33. The largest absolute Gasteiger partial charge is 0.477 e. The number of rotatable bonds is 7. The van der Waals surface area contributed by atoms with Crippen molar-refractivity contribution in [1.82, 2.24) is 0 Å². The number of fused-ring (bicyclic) bond motifs is 8. The number of carbonyl (C=O) groups is 1.